The predicted octanol–water partition coefficient (Wildman–Crippen LogP) is -0.125. The van der Waals surface area contributed by atoms with E-state index in [0.29, 0.717) is 0 Å². The Labute approximate surface area is 118 Å². The van der Waals surface area contributed by atoms with E-state index in [-0.39, 0.29) is 30.5 Å². The number of primary amides is 1. The Morgan fingerprint density at radius 1 is 1.55 bits per heavy atom. The molecule has 0 saturated carbocycles. The number of hydrogen-bond donors (Lipinski definition) is 2. The van der Waals surface area contributed by atoms with Crippen molar-refractivity contribution in [2.75, 3.05) is 19.8 Å². The highest BCUT2D eigenvalue weighted by Crippen LogP contribution is 2.25. The second kappa shape index (κ2) is 7.36. The Bertz CT molecular complexity index is 536. The van der Waals surface area contributed by atoms with Crippen LogP contribution in [0.1, 0.15) is 10.4 Å². The molecule has 1 aromatic rings. The van der Waals surface area contributed by atoms with Crippen LogP contribution in [-0.2, 0) is 9.53 Å². The maximum absolute atomic E-state index is 11.8. The van der Waals surface area contributed by atoms with E-state index in [9.17, 15) is 19.7 Å². The van der Waals surface area contributed by atoms with Gasteiger partial charge in [0.1, 0.15) is 12.2 Å². The van der Waals surface area contributed by atoms with Gasteiger partial charge in [-0.1, -0.05) is 11.6 Å². The summed E-state index contributed by atoms with van der Waals surface area (Å²) >= 11 is 5.58. The third-order valence-electron chi connectivity index (χ3n) is 2.08. The molecule has 1 heterocycles. The first-order chi connectivity index (χ1) is 9.43. The number of nitrogens with two attached hydrogens (primary N) is 1. The molecule has 0 spiro atoms. The van der Waals surface area contributed by atoms with E-state index in [2.05, 4.69) is 10.3 Å². The number of rotatable bonds is 7. The van der Waals surface area contributed by atoms with Crippen molar-refractivity contribution in [3.63, 3.8) is 0 Å². The molecule has 108 valence electrons. The molecule has 10 heteroatoms. The molecule has 1 rings (SSSR count). The van der Waals surface area contributed by atoms with Gasteiger partial charge in [-0.3, -0.25) is 19.7 Å². The number of aromatic nitrogens is 1. The van der Waals surface area contributed by atoms with Gasteiger partial charge in [0.15, 0.2) is 0 Å². The summed E-state index contributed by atoms with van der Waals surface area (Å²) in [6.45, 7) is -0.165. The Hall–Kier alpha value is -2.26. The minimum Gasteiger partial charge on any atom is -0.370 e. The summed E-state index contributed by atoms with van der Waals surface area (Å²) in [6.07, 6.45) is 1.19. The first-order valence-electron chi connectivity index (χ1n) is 5.36. The smallest absolute Gasteiger partial charge is 0.319 e. The Morgan fingerprint density at radius 3 is 2.85 bits per heavy atom. The lowest BCUT2D eigenvalue weighted by molar-refractivity contribution is -0.385. The van der Waals surface area contributed by atoms with Gasteiger partial charge in [0.2, 0.25) is 11.1 Å². The van der Waals surface area contributed by atoms with Crippen molar-refractivity contribution in [3.05, 3.63) is 33.1 Å². The molecule has 0 bridgehead atoms. The summed E-state index contributed by atoms with van der Waals surface area (Å²) in [4.78, 5) is 35.7. The molecule has 0 unspecified atom stereocenters. The zero-order valence-corrected chi connectivity index (χ0v) is 10.9. The van der Waals surface area contributed by atoms with Crippen LogP contribution in [0.15, 0.2) is 12.3 Å². The summed E-state index contributed by atoms with van der Waals surface area (Å²) in [7, 11) is 0. The summed E-state index contributed by atoms with van der Waals surface area (Å²) in [5, 5.41) is 12.8. The van der Waals surface area contributed by atoms with Crippen LogP contribution in [0.25, 0.3) is 0 Å². The van der Waals surface area contributed by atoms with Gasteiger partial charge in [-0.2, -0.15) is 0 Å². The number of pyridine rings is 1. The van der Waals surface area contributed by atoms with E-state index < -0.39 is 22.4 Å². The van der Waals surface area contributed by atoms with Crippen LogP contribution >= 0.6 is 11.6 Å². The number of nitrogens with zero attached hydrogens (tertiary/aromatic N) is 2. The van der Waals surface area contributed by atoms with Crippen molar-refractivity contribution in [1.29, 1.82) is 0 Å². The topological polar surface area (TPSA) is 137 Å². The van der Waals surface area contributed by atoms with Crippen LogP contribution in [0.3, 0.4) is 0 Å². The molecule has 0 radical (unpaired) electrons. The molecule has 0 aliphatic rings. The van der Waals surface area contributed by atoms with E-state index in [1.54, 1.807) is 0 Å². The predicted molar refractivity (Wildman–Crippen MR) is 68.2 cm³/mol. The first kappa shape index (κ1) is 15.8. The van der Waals surface area contributed by atoms with Crippen molar-refractivity contribution in [2.24, 2.45) is 5.73 Å². The highest BCUT2D eigenvalue weighted by molar-refractivity contribution is 6.32. The normalized spacial score (nSPS) is 10.1. The standard InChI is InChI=1S/C10H11ClN4O5/c11-9-8(15(18)19)6(1-2-13-9)10(17)14-3-4-20-5-7(12)16/h1-2H,3-5H2,(H2,12,16)(H,14,17). The van der Waals surface area contributed by atoms with Crippen LogP contribution in [-0.4, -0.2) is 41.5 Å². The highest BCUT2D eigenvalue weighted by Gasteiger charge is 2.24. The Balaban J connectivity index is 2.62. The molecule has 3 N–H and O–H groups in total. The van der Waals surface area contributed by atoms with Gasteiger partial charge in [0.05, 0.1) is 11.5 Å². The third-order valence-corrected chi connectivity index (χ3v) is 2.36. The number of hydrogen-bond acceptors (Lipinski definition) is 6. The zero-order chi connectivity index (χ0) is 15.1. The molecule has 0 aromatic carbocycles. The van der Waals surface area contributed by atoms with Crippen LogP contribution in [0.2, 0.25) is 5.15 Å². The molecule has 0 aliphatic heterocycles. The van der Waals surface area contributed by atoms with Gasteiger partial charge in [0.25, 0.3) is 5.91 Å². The van der Waals surface area contributed by atoms with Gasteiger partial charge in [-0.25, -0.2) is 4.98 Å². The zero-order valence-electron chi connectivity index (χ0n) is 10.2. The number of ether oxygens (including phenoxy) is 1. The highest BCUT2D eigenvalue weighted by atomic mass is 35.5. The molecular formula is C10H11ClN4O5. The number of carbonyl (C=O) groups excluding carboxylic acids is 2. The summed E-state index contributed by atoms with van der Waals surface area (Å²) in [5.74, 6) is -1.32. The van der Waals surface area contributed by atoms with Gasteiger partial charge < -0.3 is 15.8 Å². The lowest BCUT2D eigenvalue weighted by Crippen LogP contribution is -2.29. The van der Waals surface area contributed by atoms with E-state index in [4.69, 9.17) is 22.1 Å². The van der Waals surface area contributed by atoms with Gasteiger partial charge in [-0.05, 0) is 6.07 Å². The SMILES string of the molecule is NC(=O)COCCNC(=O)c1ccnc(Cl)c1[N+](=O)[O-]. The Morgan fingerprint density at radius 2 is 2.25 bits per heavy atom. The second-order valence-electron chi connectivity index (χ2n) is 3.53. The molecule has 20 heavy (non-hydrogen) atoms. The molecule has 0 fully saturated rings. The van der Waals surface area contributed by atoms with E-state index in [1.807, 2.05) is 0 Å². The maximum Gasteiger partial charge on any atom is 0.319 e. The van der Waals surface area contributed by atoms with E-state index in [1.165, 1.54) is 12.3 Å². The van der Waals surface area contributed by atoms with Gasteiger partial charge in [-0.15, -0.1) is 0 Å². The molecule has 1 aromatic heterocycles. The lowest BCUT2D eigenvalue weighted by Gasteiger charge is -2.06. The average molecular weight is 303 g/mol. The summed E-state index contributed by atoms with van der Waals surface area (Å²) in [5.41, 5.74) is 4.08. The Kier molecular flexibility index (Phi) is 5.81. The van der Waals surface area contributed by atoms with Crippen molar-refractivity contribution >= 4 is 29.1 Å². The molecule has 9 nitrogen and oxygen atoms in total. The molecule has 0 saturated heterocycles. The van der Waals surface area contributed by atoms with Crippen molar-refractivity contribution in [2.45, 2.75) is 0 Å². The average Bonchev–Trinajstić information content (AvgIpc) is 2.36. The summed E-state index contributed by atoms with van der Waals surface area (Å²) < 4.78 is 4.82. The van der Waals surface area contributed by atoms with Crippen molar-refractivity contribution < 1.29 is 19.2 Å². The van der Waals surface area contributed by atoms with Crippen molar-refractivity contribution in [3.8, 4) is 0 Å². The quantitative estimate of drug-likeness (QED) is 0.311. The number of carbonyl (C=O) groups is 2. The molecular weight excluding hydrogens is 292 g/mol. The number of nitrogens with one attached hydrogen (secondary N) is 1. The van der Waals surface area contributed by atoms with E-state index in [0.717, 1.165) is 0 Å². The van der Waals surface area contributed by atoms with E-state index >= 15 is 0 Å². The minimum atomic E-state index is -0.784. The fourth-order valence-electron chi connectivity index (χ4n) is 1.29. The van der Waals surface area contributed by atoms with Crippen LogP contribution < -0.4 is 11.1 Å². The monoisotopic (exact) mass is 302 g/mol. The molecule has 0 atom stereocenters. The third kappa shape index (κ3) is 4.44. The fraction of sp³-hybridized carbons (Fsp3) is 0.300. The van der Waals surface area contributed by atoms with Crippen LogP contribution in [0, 0.1) is 10.1 Å². The largest absolute Gasteiger partial charge is 0.370 e. The van der Waals surface area contributed by atoms with Crippen molar-refractivity contribution in [1.82, 2.24) is 10.3 Å². The maximum atomic E-state index is 11.8. The minimum absolute atomic E-state index is 0.0429. The molecule has 2 amide bonds. The number of halogens is 1. The van der Waals surface area contributed by atoms with Crippen LogP contribution in [0.4, 0.5) is 5.69 Å². The summed E-state index contributed by atoms with van der Waals surface area (Å²) in [6, 6.07) is 1.18. The second-order valence-corrected chi connectivity index (χ2v) is 3.89. The van der Waals surface area contributed by atoms with Gasteiger partial charge in [0, 0.05) is 12.7 Å². The lowest BCUT2D eigenvalue weighted by atomic mass is 10.2. The number of nitro groups is 1. The first-order valence-corrected chi connectivity index (χ1v) is 5.74. The van der Waals surface area contributed by atoms with Crippen LogP contribution in [0.5, 0.6) is 0 Å². The number of amides is 2. The van der Waals surface area contributed by atoms with Gasteiger partial charge >= 0.3 is 5.69 Å². The molecule has 0 aliphatic carbocycles. The fourth-order valence-corrected chi connectivity index (χ4v) is 1.52.